The average Bonchev–Trinajstić information content (AvgIpc) is 2.62. The molecule has 0 saturated heterocycles. The molecule has 7 nitrogen and oxygen atoms in total. The number of nitrogens with zero attached hydrogens (tertiary/aromatic N) is 3. The molecular weight excluding hydrogens is 406 g/mol. The van der Waals surface area contributed by atoms with Crippen molar-refractivity contribution in [2.45, 2.75) is 24.3 Å². The van der Waals surface area contributed by atoms with Crippen LogP contribution in [0.15, 0.2) is 47.6 Å². The van der Waals surface area contributed by atoms with E-state index in [2.05, 4.69) is 25.9 Å². The van der Waals surface area contributed by atoms with E-state index in [1.807, 2.05) is 13.0 Å². The van der Waals surface area contributed by atoms with Crippen molar-refractivity contribution in [2.75, 3.05) is 5.32 Å². The van der Waals surface area contributed by atoms with Crippen LogP contribution in [0.1, 0.15) is 22.8 Å². The number of pyridine rings is 1. The minimum atomic E-state index is -1.50. The number of hydrogen-bond acceptors (Lipinski definition) is 4. The molecule has 0 fully saturated rings. The minimum Gasteiger partial charge on any atom is -0.328 e. The normalized spacial score (nSPS) is 12.6. The highest BCUT2D eigenvalue weighted by atomic mass is 35.5. The lowest BCUT2D eigenvalue weighted by molar-refractivity contribution is 0.0935. The third kappa shape index (κ3) is 6.37. The second-order valence-electron chi connectivity index (χ2n) is 5.91. The number of benzene rings is 1. The molecule has 10 heteroatoms. The standard InChI is InChI=1S/C18H17Cl2FN6O/c1-11-4-3-5-12(8-11)15(28)26-16(18(2,19)20)27-17(24-10-22)25-13-6-7-14(21)23-9-13/h3-9,16H,1-2H3,(H,26,28)(H2,24,25,27). The number of alkyl halides is 2. The topological polar surface area (TPSA) is 102 Å². The number of rotatable bonds is 5. The number of anilines is 1. The predicted octanol–water partition coefficient (Wildman–Crippen LogP) is 3.32. The number of carbonyl (C=O) groups excluding carboxylic acids is 1. The molecule has 0 aliphatic heterocycles. The van der Waals surface area contributed by atoms with Crippen molar-refractivity contribution < 1.29 is 9.18 Å². The molecular formula is C18H17Cl2FN6O. The summed E-state index contributed by atoms with van der Waals surface area (Å²) in [4.78, 5) is 20.2. The summed E-state index contributed by atoms with van der Waals surface area (Å²) in [7, 11) is 0. The monoisotopic (exact) mass is 422 g/mol. The van der Waals surface area contributed by atoms with Gasteiger partial charge in [-0.25, -0.2) is 9.98 Å². The molecule has 28 heavy (non-hydrogen) atoms. The summed E-state index contributed by atoms with van der Waals surface area (Å²) in [5.41, 5.74) is 1.67. The second kappa shape index (κ2) is 9.35. The van der Waals surface area contributed by atoms with Crippen LogP contribution in [0, 0.1) is 24.3 Å². The van der Waals surface area contributed by atoms with E-state index in [0.29, 0.717) is 11.3 Å². The van der Waals surface area contributed by atoms with Crippen LogP contribution in [0.25, 0.3) is 0 Å². The average molecular weight is 423 g/mol. The van der Waals surface area contributed by atoms with Gasteiger partial charge in [-0.05, 0) is 38.1 Å². The first-order valence-electron chi connectivity index (χ1n) is 8.06. The Bertz CT molecular complexity index is 906. The van der Waals surface area contributed by atoms with Gasteiger partial charge in [0.15, 0.2) is 16.7 Å². The molecule has 0 spiro atoms. The highest BCUT2D eigenvalue weighted by Gasteiger charge is 2.32. The van der Waals surface area contributed by atoms with Crippen LogP contribution in [0.5, 0.6) is 0 Å². The first kappa shape index (κ1) is 21.4. The van der Waals surface area contributed by atoms with Gasteiger partial charge in [0.05, 0.1) is 11.9 Å². The summed E-state index contributed by atoms with van der Waals surface area (Å²) < 4.78 is 11.5. The van der Waals surface area contributed by atoms with Crippen LogP contribution in [0.2, 0.25) is 0 Å². The van der Waals surface area contributed by atoms with Crippen LogP contribution >= 0.6 is 23.2 Å². The largest absolute Gasteiger partial charge is 0.328 e. The summed E-state index contributed by atoms with van der Waals surface area (Å²) >= 11 is 12.3. The number of aromatic nitrogens is 1. The minimum absolute atomic E-state index is 0.0574. The van der Waals surface area contributed by atoms with Crippen molar-refractivity contribution in [3.63, 3.8) is 0 Å². The van der Waals surface area contributed by atoms with Gasteiger partial charge in [0.1, 0.15) is 0 Å². The predicted molar refractivity (Wildman–Crippen MR) is 107 cm³/mol. The molecule has 0 radical (unpaired) electrons. The van der Waals surface area contributed by atoms with Crippen molar-refractivity contribution >= 4 is 40.8 Å². The van der Waals surface area contributed by atoms with Crippen molar-refractivity contribution in [3.05, 3.63) is 59.7 Å². The Morgan fingerprint density at radius 2 is 2.11 bits per heavy atom. The van der Waals surface area contributed by atoms with E-state index in [1.165, 1.54) is 19.2 Å². The van der Waals surface area contributed by atoms with E-state index in [4.69, 9.17) is 28.5 Å². The molecule has 1 amide bonds. The summed E-state index contributed by atoms with van der Waals surface area (Å²) in [6, 6.07) is 9.48. The number of halogens is 3. The molecule has 2 rings (SSSR count). The summed E-state index contributed by atoms with van der Waals surface area (Å²) in [5, 5.41) is 16.7. The molecule has 1 unspecified atom stereocenters. The van der Waals surface area contributed by atoms with Crippen molar-refractivity contribution in [1.29, 1.82) is 5.26 Å². The summed E-state index contributed by atoms with van der Waals surface area (Å²) in [6.07, 6.45) is 1.81. The molecule has 0 aliphatic rings. The zero-order valence-corrected chi connectivity index (χ0v) is 16.5. The lowest BCUT2D eigenvalue weighted by Gasteiger charge is -2.25. The maximum absolute atomic E-state index is 13.0. The quantitative estimate of drug-likeness (QED) is 0.171. The van der Waals surface area contributed by atoms with Crippen LogP contribution < -0.4 is 16.0 Å². The van der Waals surface area contributed by atoms with Gasteiger partial charge in [0, 0.05) is 5.56 Å². The van der Waals surface area contributed by atoms with E-state index < -0.39 is 22.4 Å². The van der Waals surface area contributed by atoms with Crippen LogP contribution in [-0.4, -0.2) is 27.3 Å². The number of guanidine groups is 1. The van der Waals surface area contributed by atoms with Gasteiger partial charge < -0.3 is 10.6 Å². The number of amides is 1. The molecule has 0 aliphatic carbocycles. The van der Waals surface area contributed by atoms with Gasteiger partial charge in [0.2, 0.25) is 11.9 Å². The van der Waals surface area contributed by atoms with Gasteiger partial charge in [-0.15, -0.1) is 0 Å². The van der Waals surface area contributed by atoms with Crippen molar-refractivity contribution in [3.8, 4) is 6.19 Å². The molecule has 1 aromatic carbocycles. The molecule has 0 bridgehead atoms. The zero-order valence-electron chi connectivity index (χ0n) is 15.0. The Morgan fingerprint density at radius 1 is 1.36 bits per heavy atom. The third-order valence-corrected chi connectivity index (χ3v) is 3.86. The third-order valence-electron chi connectivity index (χ3n) is 3.45. The maximum Gasteiger partial charge on any atom is 0.253 e. The molecule has 3 N–H and O–H groups in total. The number of aliphatic imine (C=N–C) groups is 1. The number of hydrogen-bond donors (Lipinski definition) is 3. The molecule has 2 aromatic rings. The fourth-order valence-electron chi connectivity index (χ4n) is 2.13. The van der Waals surface area contributed by atoms with Crippen LogP contribution in [-0.2, 0) is 0 Å². The molecule has 1 atom stereocenters. The lowest BCUT2D eigenvalue weighted by Crippen LogP contribution is -2.45. The van der Waals surface area contributed by atoms with Gasteiger partial charge in [0.25, 0.3) is 5.91 Å². The van der Waals surface area contributed by atoms with Gasteiger partial charge in [-0.1, -0.05) is 40.9 Å². The molecule has 1 heterocycles. The Labute approximate surface area is 171 Å². The maximum atomic E-state index is 13.0. The van der Waals surface area contributed by atoms with Gasteiger partial charge in [-0.2, -0.15) is 9.65 Å². The molecule has 0 saturated carbocycles. The summed E-state index contributed by atoms with van der Waals surface area (Å²) in [6.45, 7) is 3.31. The Morgan fingerprint density at radius 3 is 2.68 bits per heavy atom. The first-order chi connectivity index (χ1) is 13.2. The van der Waals surface area contributed by atoms with E-state index >= 15 is 0 Å². The fraction of sp³-hybridized carbons (Fsp3) is 0.222. The van der Waals surface area contributed by atoms with Crippen LogP contribution in [0.4, 0.5) is 10.1 Å². The van der Waals surface area contributed by atoms with E-state index in [-0.39, 0.29) is 5.96 Å². The van der Waals surface area contributed by atoms with Crippen LogP contribution in [0.3, 0.4) is 0 Å². The Hall–Kier alpha value is -2.89. The SMILES string of the molecule is Cc1cccc(C(=O)NC(/N=C(\NC#N)Nc2ccc(F)nc2)C(C)(Cl)Cl)c1. The number of aryl methyl sites for hydroxylation is 1. The highest BCUT2D eigenvalue weighted by molar-refractivity contribution is 6.48. The van der Waals surface area contributed by atoms with Gasteiger partial charge >= 0.3 is 0 Å². The Balaban J connectivity index is 2.27. The highest BCUT2D eigenvalue weighted by Crippen LogP contribution is 2.26. The second-order valence-corrected chi connectivity index (χ2v) is 7.67. The number of nitriles is 1. The Kier molecular flexibility index (Phi) is 7.15. The molecule has 146 valence electrons. The number of carbonyl (C=O) groups is 1. The first-order valence-corrected chi connectivity index (χ1v) is 8.81. The fourth-order valence-corrected chi connectivity index (χ4v) is 2.34. The van der Waals surface area contributed by atoms with Gasteiger partial charge in [-0.3, -0.25) is 10.1 Å². The van der Waals surface area contributed by atoms with E-state index in [1.54, 1.807) is 24.4 Å². The van der Waals surface area contributed by atoms with E-state index in [0.717, 1.165) is 11.6 Å². The van der Waals surface area contributed by atoms with E-state index in [9.17, 15) is 9.18 Å². The lowest BCUT2D eigenvalue weighted by atomic mass is 10.1. The zero-order chi connectivity index (χ0) is 20.7. The molecule has 1 aromatic heterocycles. The number of nitrogens with one attached hydrogen (secondary N) is 3. The summed E-state index contributed by atoms with van der Waals surface area (Å²) in [5.74, 6) is -1.16. The smallest absolute Gasteiger partial charge is 0.253 e. The van der Waals surface area contributed by atoms with Crippen molar-refractivity contribution in [2.24, 2.45) is 4.99 Å². The van der Waals surface area contributed by atoms with Crippen molar-refractivity contribution in [1.82, 2.24) is 15.6 Å².